The molecule has 1 fully saturated rings. The van der Waals surface area contributed by atoms with Crippen LogP contribution in [-0.2, 0) is 11.0 Å². The van der Waals surface area contributed by atoms with Gasteiger partial charge >= 0.3 is 0 Å². The zero-order chi connectivity index (χ0) is 13.4. The summed E-state index contributed by atoms with van der Waals surface area (Å²) in [4.78, 5) is 4.53. The second-order valence-corrected chi connectivity index (χ2v) is 6.68. The van der Waals surface area contributed by atoms with Crippen LogP contribution < -0.4 is 5.73 Å². The van der Waals surface area contributed by atoms with Crippen molar-refractivity contribution in [3.63, 3.8) is 0 Å². The van der Waals surface area contributed by atoms with E-state index in [0.717, 1.165) is 24.6 Å². The van der Waals surface area contributed by atoms with Crippen molar-refractivity contribution in [3.05, 3.63) is 11.7 Å². The van der Waals surface area contributed by atoms with Crippen LogP contribution in [0.2, 0.25) is 0 Å². The maximum atomic E-state index is 6.46. The van der Waals surface area contributed by atoms with E-state index in [1.165, 1.54) is 19.3 Å². The van der Waals surface area contributed by atoms with Crippen molar-refractivity contribution in [2.75, 3.05) is 0 Å². The molecule has 0 bridgehead atoms. The van der Waals surface area contributed by atoms with Crippen LogP contribution in [0.15, 0.2) is 4.52 Å². The fourth-order valence-electron chi connectivity index (χ4n) is 2.55. The highest BCUT2D eigenvalue weighted by molar-refractivity contribution is 5.08. The van der Waals surface area contributed by atoms with Gasteiger partial charge in [-0.1, -0.05) is 39.3 Å². The van der Waals surface area contributed by atoms with Gasteiger partial charge in [-0.3, -0.25) is 0 Å². The lowest BCUT2D eigenvalue weighted by Gasteiger charge is -2.33. The summed E-state index contributed by atoms with van der Waals surface area (Å²) in [5.41, 5.74) is 5.97. The molecule has 4 heteroatoms. The zero-order valence-corrected chi connectivity index (χ0v) is 12.0. The second-order valence-electron chi connectivity index (χ2n) is 6.68. The molecule has 2 rings (SSSR count). The highest BCUT2D eigenvalue weighted by atomic mass is 16.5. The maximum absolute atomic E-state index is 6.46. The van der Waals surface area contributed by atoms with Crippen LogP contribution >= 0.6 is 0 Å². The van der Waals surface area contributed by atoms with Crippen molar-refractivity contribution >= 4 is 0 Å². The first-order chi connectivity index (χ1) is 8.35. The van der Waals surface area contributed by atoms with Gasteiger partial charge < -0.3 is 10.3 Å². The standard InChI is InChI=1S/C14H25N3O/c1-5-10-6-8-14(15,9-7-10)12-16-11(17-18-12)13(2,3)4/h10H,5-9,15H2,1-4H3. The van der Waals surface area contributed by atoms with Gasteiger partial charge in [-0.2, -0.15) is 4.98 Å². The molecule has 102 valence electrons. The number of hydrogen-bond donors (Lipinski definition) is 1. The van der Waals surface area contributed by atoms with E-state index < -0.39 is 5.54 Å². The predicted octanol–water partition coefficient (Wildman–Crippen LogP) is 3.12. The monoisotopic (exact) mass is 251 g/mol. The maximum Gasteiger partial charge on any atom is 0.246 e. The molecule has 4 nitrogen and oxygen atoms in total. The van der Waals surface area contributed by atoms with Gasteiger partial charge in [-0.25, -0.2) is 0 Å². The molecule has 0 unspecified atom stereocenters. The van der Waals surface area contributed by atoms with Gasteiger partial charge in [0.2, 0.25) is 5.89 Å². The van der Waals surface area contributed by atoms with Crippen LogP contribution in [0.5, 0.6) is 0 Å². The molecule has 0 atom stereocenters. The van der Waals surface area contributed by atoms with Crippen LogP contribution in [0.4, 0.5) is 0 Å². The first-order valence-electron chi connectivity index (χ1n) is 6.99. The van der Waals surface area contributed by atoms with Crippen LogP contribution in [0.1, 0.15) is 71.5 Å². The average Bonchev–Trinajstić information content (AvgIpc) is 2.79. The van der Waals surface area contributed by atoms with Gasteiger partial charge in [0.1, 0.15) is 0 Å². The Labute approximate surface area is 109 Å². The van der Waals surface area contributed by atoms with E-state index in [1.807, 2.05) is 0 Å². The molecular formula is C14H25N3O. The third-order valence-electron chi connectivity index (χ3n) is 4.10. The van der Waals surface area contributed by atoms with Gasteiger partial charge in [0, 0.05) is 5.41 Å². The molecule has 0 spiro atoms. The summed E-state index contributed by atoms with van der Waals surface area (Å²) >= 11 is 0. The third-order valence-corrected chi connectivity index (χ3v) is 4.10. The van der Waals surface area contributed by atoms with Gasteiger partial charge in [0.25, 0.3) is 0 Å². The summed E-state index contributed by atoms with van der Waals surface area (Å²) in [5.74, 6) is 2.19. The number of nitrogens with zero attached hydrogens (tertiary/aromatic N) is 2. The van der Waals surface area contributed by atoms with Crippen molar-refractivity contribution in [1.82, 2.24) is 10.1 Å². The van der Waals surface area contributed by atoms with Gasteiger partial charge in [-0.05, 0) is 31.6 Å². The fraction of sp³-hybridized carbons (Fsp3) is 0.857. The molecule has 0 aliphatic heterocycles. The van der Waals surface area contributed by atoms with E-state index in [9.17, 15) is 0 Å². The molecule has 1 heterocycles. The van der Waals surface area contributed by atoms with E-state index >= 15 is 0 Å². The summed E-state index contributed by atoms with van der Waals surface area (Å²) in [6, 6.07) is 0. The van der Waals surface area contributed by atoms with E-state index in [0.29, 0.717) is 5.89 Å². The minimum Gasteiger partial charge on any atom is -0.337 e. The molecule has 0 amide bonds. The molecule has 1 aliphatic rings. The van der Waals surface area contributed by atoms with Crippen LogP contribution in [-0.4, -0.2) is 10.1 Å². The smallest absolute Gasteiger partial charge is 0.246 e. The number of aromatic nitrogens is 2. The highest BCUT2D eigenvalue weighted by Gasteiger charge is 2.38. The Hall–Kier alpha value is -0.900. The van der Waals surface area contributed by atoms with Crippen molar-refractivity contribution in [3.8, 4) is 0 Å². The average molecular weight is 251 g/mol. The lowest BCUT2D eigenvalue weighted by molar-refractivity contribution is 0.181. The minimum absolute atomic E-state index is 0.0846. The molecule has 18 heavy (non-hydrogen) atoms. The molecule has 2 N–H and O–H groups in total. The molecule has 0 saturated heterocycles. The first-order valence-corrected chi connectivity index (χ1v) is 6.99. The number of rotatable bonds is 2. The Morgan fingerprint density at radius 2 is 1.94 bits per heavy atom. The van der Waals surface area contributed by atoms with Crippen molar-refractivity contribution in [2.24, 2.45) is 11.7 Å². The molecule has 0 aromatic carbocycles. The largest absolute Gasteiger partial charge is 0.337 e. The SMILES string of the molecule is CCC1CCC(N)(c2nc(C(C)(C)C)no2)CC1. The van der Waals surface area contributed by atoms with Gasteiger partial charge in [-0.15, -0.1) is 0 Å². The Morgan fingerprint density at radius 3 is 2.39 bits per heavy atom. The lowest BCUT2D eigenvalue weighted by Crippen LogP contribution is -2.40. The van der Waals surface area contributed by atoms with Crippen LogP contribution in [0, 0.1) is 5.92 Å². The molecule has 0 radical (unpaired) electrons. The lowest BCUT2D eigenvalue weighted by atomic mass is 9.76. The highest BCUT2D eigenvalue weighted by Crippen LogP contribution is 2.38. The number of nitrogens with two attached hydrogens (primary N) is 1. The molecule has 1 saturated carbocycles. The van der Waals surface area contributed by atoms with E-state index in [2.05, 4.69) is 37.8 Å². The first kappa shape index (κ1) is 13.5. The van der Waals surface area contributed by atoms with E-state index in [4.69, 9.17) is 10.3 Å². The molecule has 1 aliphatic carbocycles. The Bertz CT molecular complexity index is 397. The van der Waals surface area contributed by atoms with E-state index in [-0.39, 0.29) is 5.41 Å². The van der Waals surface area contributed by atoms with Crippen molar-refractivity contribution in [1.29, 1.82) is 0 Å². The Morgan fingerprint density at radius 1 is 1.33 bits per heavy atom. The Kier molecular flexibility index (Phi) is 3.49. The van der Waals surface area contributed by atoms with Crippen molar-refractivity contribution < 1.29 is 4.52 Å². The topological polar surface area (TPSA) is 64.9 Å². The summed E-state index contributed by atoms with van der Waals surface area (Å²) in [7, 11) is 0. The molecular weight excluding hydrogens is 226 g/mol. The third kappa shape index (κ3) is 2.58. The molecule has 1 aromatic rings. The normalized spacial score (nSPS) is 29.5. The number of hydrogen-bond acceptors (Lipinski definition) is 4. The van der Waals surface area contributed by atoms with Crippen LogP contribution in [0.25, 0.3) is 0 Å². The quantitative estimate of drug-likeness (QED) is 0.877. The zero-order valence-electron chi connectivity index (χ0n) is 12.0. The van der Waals surface area contributed by atoms with E-state index in [1.54, 1.807) is 0 Å². The van der Waals surface area contributed by atoms with Crippen molar-refractivity contribution in [2.45, 2.75) is 70.8 Å². The minimum atomic E-state index is -0.401. The summed E-state index contributed by atoms with van der Waals surface area (Å²) in [6.45, 7) is 8.50. The summed E-state index contributed by atoms with van der Waals surface area (Å²) in [5, 5.41) is 4.08. The fourth-order valence-corrected chi connectivity index (χ4v) is 2.55. The predicted molar refractivity (Wildman–Crippen MR) is 71.1 cm³/mol. The summed E-state index contributed by atoms with van der Waals surface area (Å²) in [6.07, 6.45) is 5.49. The molecule has 1 aromatic heterocycles. The second kappa shape index (κ2) is 4.65. The van der Waals surface area contributed by atoms with Gasteiger partial charge in [0.15, 0.2) is 5.82 Å². The Balaban J connectivity index is 2.14. The van der Waals surface area contributed by atoms with Crippen LogP contribution in [0.3, 0.4) is 0 Å². The summed E-state index contributed by atoms with van der Waals surface area (Å²) < 4.78 is 5.42. The van der Waals surface area contributed by atoms with Gasteiger partial charge in [0.05, 0.1) is 5.54 Å².